The molecule has 0 aliphatic heterocycles. The van der Waals surface area contributed by atoms with Gasteiger partial charge in [-0.2, -0.15) is 0 Å². The van der Waals surface area contributed by atoms with Crippen molar-refractivity contribution in [2.24, 2.45) is 0 Å². The number of aromatic nitrogens is 1. The average Bonchev–Trinajstić information content (AvgIpc) is 1.64. The van der Waals surface area contributed by atoms with Crippen LogP contribution in [0.4, 0.5) is 0 Å². The number of halogens is 1. The molecular weight excluding hydrogens is 122 g/mol. The highest BCUT2D eigenvalue weighted by Crippen LogP contribution is 2.04. The van der Waals surface area contributed by atoms with Crippen molar-refractivity contribution in [1.82, 2.24) is 4.98 Å². The SMILES string of the molecule is Cc1cc(Cl)[c]cn1. The zero-order chi connectivity index (χ0) is 5.98. The standard InChI is InChI=1S/C6H5ClN/c1-5-4-6(7)2-3-8-5/h3-4H,1H3. The lowest BCUT2D eigenvalue weighted by Crippen LogP contribution is -1.75. The number of rotatable bonds is 0. The van der Waals surface area contributed by atoms with Crippen molar-refractivity contribution in [3.8, 4) is 0 Å². The van der Waals surface area contributed by atoms with Gasteiger partial charge in [0.05, 0.1) is 5.02 Å². The molecule has 0 spiro atoms. The number of hydrogen-bond acceptors (Lipinski definition) is 1. The number of aryl methyl sites for hydroxylation is 1. The van der Waals surface area contributed by atoms with Crippen molar-refractivity contribution >= 4 is 11.6 Å². The highest BCUT2D eigenvalue weighted by Gasteiger charge is 1.85. The first-order valence-electron chi connectivity index (χ1n) is 2.29. The van der Waals surface area contributed by atoms with Gasteiger partial charge in [-0.25, -0.2) is 0 Å². The first kappa shape index (κ1) is 5.57. The summed E-state index contributed by atoms with van der Waals surface area (Å²) in [5, 5.41) is 0.623. The van der Waals surface area contributed by atoms with Crippen molar-refractivity contribution in [2.45, 2.75) is 6.92 Å². The molecule has 1 aromatic heterocycles. The number of hydrogen-bond donors (Lipinski definition) is 0. The predicted molar refractivity (Wildman–Crippen MR) is 32.8 cm³/mol. The summed E-state index contributed by atoms with van der Waals surface area (Å²) < 4.78 is 0. The molecule has 1 rings (SSSR count). The van der Waals surface area contributed by atoms with Gasteiger partial charge in [0.2, 0.25) is 0 Å². The van der Waals surface area contributed by atoms with Crippen LogP contribution < -0.4 is 0 Å². The maximum atomic E-state index is 5.55. The Balaban J connectivity index is 3.08. The predicted octanol–water partition coefficient (Wildman–Crippen LogP) is 1.84. The summed E-state index contributed by atoms with van der Waals surface area (Å²) in [4.78, 5) is 3.90. The van der Waals surface area contributed by atoms with Crippen LogP contribution in [-0.2, 0) is 0 Å². The van der Waals surface area contributed by atoms with Crippen molar-refractivity contribution in [3.05, 3.63) is 29.0 Å². The molecule has 0 amide bonds. The molecule has 0 aliphatic rings. The summed E-state index contributed by atoms with van der Waals surface area (Å²) >= 11 is 5.55. The Kier molecular flexibility index (Phi) is 1.49. The number of pyridine rings is 1. The Morgan fingerprint density at radius 2 is 2.50 bits per heavy atom. The molecular formula is C6H5ClN. The fourth-order valence-corrected chi connectivity index (χ4v) is 0.665. The van der Waals surface area contributed by atoms with Gasteiger partial charge in [-0.1, -0.05) is 11.6 Å². The Morgan fingerprint density at radius 3 is 2.88 bits per heavy atom. The molecule has 1 aromatic rings. The molecule has 1 radical (unpaired) electrons. The normalized spacial score (nSPS) is 9.25. The third-order valence-electron chi connectivity index (χ3n) is 0.806. The average molecular weight is 127 g/mol. The van der Waals surface area contributed by atoms with E-state index in [0.29, 0.717) is 5.02 Å². The minimum Gasteiger partial charge on any atom is -0.261 e. The quantitative estimate of drug-likeness (QED) is 0.517. The molecule has 1 nitrogen and oxygen atoms in total. The van der Waals surface area contributed by atoms with Crippen LogP contribution in [0.5, 0.6) is 0 Å². The fraction of sp³-hybridized carbons (Fsp3) is 0.167. The van der Waals surface area contributed by atoms with E-state index in [2.05, 4.69) is 11.1 Å². The van der Waals surface area contributed by atoms with Crippen molar-refractivity contribution in [3.63, 3.8) is 0 Å². The van der Waals surface area contributed by atoms with Gasteiger partial charge in [0.15, 0.2) is 0 Å². The first-order chi connectivity index (χ1) is 3.79. The molecule has 0 N–H and O–H groups in total. The molecule has 0 fully saturated rings. The smallest absolute Gasteiger partial charge is 0.0518 e. The molecule has 0 aliphatic carbocycles. The van der Waals surface area contributed by atoms with Crippen LogP contribution in [0.3, 0.4) is 0 Å². The largest absolute Gasteiger partial charge is 0.261 e. The molecule has 0 saturated heterocycles. The third-order valence-corrected chi connectivity index (χ3v) is 1.02. The lowest BCUT2D eigenvalue weighted by Gasteiger charge is -1.87. The van der Waals surface area contributed by atoms with Gasteiger partial charge in [-0.3, -0.25) is 4.98 Å². The van der Waals surface area contributed by atoms with Crippen LogP contribution in [0.15, 0.2) is 12.3 Å². The molecule has 0 bridgehead atoms. The Labute approximate surface area is 53.3 Å². The summed E-state index contributed by atoms with van der Waals surface area (Å²) in [7, 11) is 0. The second-order valence-electron chi connectivity index (χ2n) is 1.54. The Hall–Kier alpha value is -0.560. The summed E-state index contributed by atoms with van der Waals surface area (Å²) in [6.45, 7) is 1.89. The summed E-state index contributed by atoms with van der Waals surface area (Å²) in [6, 6.07) is 4.49. The number of nitrogens with zero attached hydrogens (tertiary/aromatic N) is 1. The lowest BCUT2D eigenvalue weighted by atomic mass is 10.4. The van der Waals surface area contributed by atoms with Gasteiger partial charge in [-0.05, 0) is 13.0 Å². The summed E-state index contributed by atoms with van der Waals surface area (Å²) in [6.07, 6.45) is 1.57. The van der Waals surface area contributed by atoms with E-state index in [0.717, 1.165) is 5.69 Å². The zero-order valence-electron chi connectivity index (χ0n) is 4.48. The van der Waals surface area contributed by atoms with Crippen LogP contribution in [-0.4, -0.2) is 4.98 Å². The van der Waals surface area contributed by atoms with Crippen molar-refractivity contribution in [1.29, 1.82) is 0 Å². The van der Waals surface area contributed by atoms with E-state index in [1.165, 1.54) is 0 Å². The van der Waals surface area contributed by atoms with Gasteiger partial charge in [0.25, 0.3) is 0 Å². The van der Waals surface area contributed by atoms with Gasteiger partial charge in [0, 0.05) is 18.0 Å². The molecule has 41 valence electrons. The van der Waals surface area contributed by atoms with Gasteiger partial charge in [0.1, 0.15) is 0 Å². The minimum atomic E-state index is 0.623. The van der Waals surface area contributed by atoms with E-state index in [1.54, 1.807) is 12.3 Å². The van der Waals surface area contributed by atoms with Crippen molar-refractivity contribution in [2.75, 3.05) is 0 Å². The van der Waals surface area contributed by atoms with Crippen LogP contribution in [0.2, 0.25) is 5.02 Å². The molecule has 1 heterocycles. The minimum absolute atomic E-state index is 0.623. The molecule has 0 aromatic carbocycles. The maximum Gasteiger partial charge on any atom is 0.0518 e. The van der Waals surface area contributed by atoms with Gasteiger partial charge < -0.3 is 0 Å². The van der Waals surface area contributed by atoms with E-state index in [4.69, 9.17) is 11.6 Å². The molecule has 0 saturated carbocycles. The van der Waals surface area contributed by atoms with E-state index in [1.807, 2.05) is 6.92 Å². The third kappa shape index (κ3) is 1.20. The van der Waals surface area contributed by atoms with E-state index in [-0.39, 0.29) is 0 Å². The second-order valence-corrected chi connectivity index (χ2v) is 1.94. The monoisotopic (exact) mass is 126 g/mol. The van der Waals surface area contributed by atoms with Gasteiger partial charge in [-0.15, -0.1) is 0 Å². The second kappa shape index (κ2) is 2.14. The van der Waals surface area contributed by atoms with Crippen LogP contribution in [0.1, 0.15) is 5.69 Å². The molecule has 0 atom stereocenters. The highest BCUT2D eigenvalue weighted by molar-refractivity contribution is 6.30. The highest BCUT2D eigenvalue weighted by atomic mass is 35.5. The Bertz CT molecular complexity index is 168. The molecule has 8 heavy (non-hydrogen) atoms. The van der Waals surface area contributed by atoms with Crippen LogP contribution >= 0.6 is 11.6 Å². The molecule has 2 heteroatoms. The van der Waals surface area contributed by atoms with E-state index < -0.39 is 0 Å². The Morgan fingerprint density at radius 1 is 1.75 bits per heavy atom. The zero-order valence-corrected chi connectivity index (χ0v) is 5.24. The first-order valence-corrected chi connectivity index (χ1v) is 2.66. The van der Waals surface area contributed by atoms with Crippen molar-refractivity contribution < 1.29 is 0 Å². The molecule has 0 unspecified atom stereocenters. The van der Waals surface area contributed by atoms with E-state index >= 15 is 0 Å². The topological polar surface area (TPSA) is 12.9 Å². The maximum absolute atomic E-state index is 5.55. The van der Waals surface area contributed by atoms with Gasteiger partial charge >= 0.3 is 0 Å². The van der Waals surface area contributed by atoms with Crippen LogP contribution in [0, 0.1) is 13.0 Å². The summed E-state index contributed by atoms with van der Waals surface area (Å²) in [5.41, 5.74) is 0.925. The lowest BCUT2D eigenvalue weighted by molar-refractivity contribution is 1.20. The fourth-order valence-electron chi connectivity index (χ4n) is 0.458. The summed E-state index contributed by atoms with van der Waals surface area (Å²) in [5.74, 6) is 0. The van der Waals surface area contributed by atoms with Crippen LogP contribution in [0.25, 0.3) is 0 Å². The van der Waals surface area contributed by atoms with E-state index in [9.17, 15) is 0 Å².